The largest absolute Gasteiger partial charge is 0.463 e. The molecule has 0 saturated carbocycles. The van der Waals surface area contributed by atoms with Gasteiger partial charge in [-0.1, -0.05) is 6.07 Å². The van der Waals surface area contributed by atoms with Gasteiger partial charge in [-0.3, -0.25) is 0 Å². The van der Waals surface area contributed by atoms with Crippen molar-refractivity contribution in [3.63, 3.8) is 0 Å². The quantitative estimate of drug-likeness (QED) is 0.674. The van der Waals surface area contributed by atoms with E-state index in [1.807, 2.05) is 0 Å². The van der Waals surface area contributed by atoms with Gasteiger partial charge in [-0.05, 0) is 18.2 Å². The molecule has 106 valence electrons. The second kappa shape index (κ2) is 4.89. The first-order valence-electron chi connectivity index (χ1n) is 5.86. The number of hydrogen-bond donors (Lipinski definition) is 0. The highest BCUT2D eigenvalue weighted by Gasteiger charge is 2.19. The minimum absolute atomic E-state index is 0.0375. The van der Waals surface area contributed by atoms with Gasteiger partial charge in [-0.2, -0.15) is 9.50 Å². The second-order valence-electron chi connectivity index (χ2n) is 4.07. The van der Waals surface area contributed by atoms with Crippen molar-refractivity contribution in [2.45, 2.75) is 0 Å². The van der Waals surface area contributed by atoms with Crippen molar-refractivity contribution in [3.05, 3.63) is 47.9 Å². The van der Waals surface area contributed by atoms with Gasteiger partial charge in [0.1, 0.15) is 11.6 Å². The molecule has 0 radical (unpaired) electrons. The van der Waals surface area contributed by atoms with E-state index in [4.69, 9.17) is 0 Å². The van der Waals surface area contributed by atoms with Gasteiger partial charge < -0.3 is 4.74 Å². The lowest BCUT2D eigenvalue weighted by molar-refractivity contribution is 0.0587. The number of fused-ring (bicyclic) bond motifs is 1. The summed E-state index contributed by atoms with van der Waals surface area (Å²) in [5, 5.41) is 3.88. The predicted octanol–water partition coefficient (Wildman–Crippen LogP) is 1.86. The number of aromatic nitrogens is 4. The molecule has 0 N–H and O–H groups in total. The molecule has 0 unspecified atom stereocenters. The van der Waals surface area contributed by atoms with Crippen molar-refractivity contribution < 1.29 is 18.3 Å². The summed E-state index contributed by atoms with van der Waals surface area (Å²) >= 11 is 0. The number of ether oxygens (including phenoxy) is 1. The average molecular weight is 290 g/mol. The Balaban J connectivity index is 2.28. The zero-order valence-electron chi connectivity index (χ0n) is 10.7. The smallest absolute Gasteiger partial charge is 0.378 e. The topological polar surface area (TPSA) is 69.4 Å². The van der Waals surface area contributed by atoms with E-state index in [0.29, 0.717) is 0 Å². The molecule has 0 fully saturated rings. The van der Waals surface area contributed by atoms with Crippen LogP contribution < -0.4 is 0 Å². The number of benzene rings is 1. The Morgan fingerprint density at radius 2 is 1.95 bits per heavy atom. The Bertz CT molecular complexity index is 827. The normalized spacial score (nSPS) is 10.8. The lowest BCUT2D eigenvalue weighted by atomic mass is 10.1. The Morgan fingerprint density at radius 1 is 1.24 bits per heavy atom. The fraction of sp³-hybridized carbons (Fsp3) is 0.0769. The fourth-order valence-corrected chi connectivity index (χ4v) is 1.90. The zero-order chi connectivity index (χ0) is 15.0. The molecule has 0 bridgehead atoms. The van der Waals surface area contributed by atoms with Crippen LogP contribution in [0.5, 0.6) is 0 Å². The molecule has 3 rings (SSSR count). The molecule has 0 aliphatic heterocycles. The summed E-state index contributed by atoms with van der Waals surface area (Å²) in [6.45, 7) is 0. The molecule has 21 heavy (non-hydrogen) atoms. The van der Waals surface area contributed by atoms with Crippen LogP contribution in [0, 0.1) is 11.6 Å². The van der Waals surface area contributed by atoms with Gasteiger partial charge in [0.2, 0.25) is 0 Å². The summed E-state index contributed by atoms with van der Waals surface area (Å²) in [6, 6.07) is 4.89. The van der Waals surface area contributed by atoms with Crippen molar-refractivity contribution in [1.82, 2.24) is 19.6 Å². The van der Waals surface area contributed by atoms with Crippen molar-refractivity contribution in [2.24, 2.45) is 0 Å². The van der Waals surface area contributed by atoms with Gasteiger partial charge in [0.15, 0.2) is 0 Å². The van der Waals surface area contributed by atoms with Gasteiger partial charge in [0.05, 0.1) is 18.4 Å². The third-order valence-electron chi connectivity index (χ3n) is 2.83. The molecular formula is C13H8F2N4O2. The molecule has 0 saturated heterocycles. The SMILES string of the molecule is COC(=O)c1nc2nccc(-c3c(F)cccc3F)n2n1. The molecule has 8 heteroatoms. The molecule has 2 heterocycles. The second-order valence-corrected chi connectivity index (χ2v) is 4.07. The number of carbonyl (C=O) groups is 1. The number of hydrogen-bond acceptors (Lipinski definition) is 5. The standard InChI is InChI=1S/C13H8F2N4O2/c1-21-12(20)11-17-13-16-6-5-9(19(13)18-11)10-7(14)3-2-4-8(10)15/h2-6H,1H3. The molecule has 6 nitrogen and oxygen atoms in total. The van der Waals surface area contributed by atoms with Crippen LogP contribution in [0.1, 0.15) is 10.6 Å². The first-order chi connectivity index (χ1) is 10.1. The number of nitrogens with zero attached hydrogens (tertiary/aromatic N) is 4. The van der Waals surface area contributed by atoms with Crippen LogP contribution in [-0.2, 0) is 4.74 Å². The first kappa shape index (κ1) is 13.1. The van der Waals surface area contributed by atoms with Gasteiger partial charge in [-0.25, -0.2) is 18.6 Å². The Hall–Kier alpha value is -2.90. The predicted molar refractivity (Wildman–Crippen MR) is 67.5 cm³/mol. The molecule has 2 aromatic heterocycles. The fourth-order valence-electron chi connectivity index (χ4n) is 1.90. The van der Waals surface area contributed by atoms with E-state index in [0.717, 1.165) is 16.6 Å². The molecular weight excluding hydrogens is 282 g/mol. The van der Waals surface area contributed by atoms with Crippen LogP contribution in [0.25, 0.3) is 17.0 Å². The number of rotatable bonds is 2. The molecule has 0 atom stereocenters. The number of halogens is 2. The Kier molecular flexibility index (Phi) is 3.05. The molecule has 0 amide bonds. The van der Waals surface area contributed by atoms with E-state index in [2.05, 4.69) is 19.8 Å². The van der Waals surface area contributed by atoms with E-state index >= 15 is 0 Å². The monoisotopic (exact) mass is 290 g/mol. The van der Waals surface area contributed by atoms with Gasteiger partial charge in [-0.15, -0.1) is 5.10 Å². The molecule has 0 aliphatic rings. The summed E-state index contributed by atoms with van der Waals surface area (Å²) in [4.78, 5) is 19.2. The minimum atomic E-state index is -0.763. The van der Waals surface area contributed by atoms with Crippen molar-refractivity contribution >= 4 is 11.7 Å². The van der Waals surface area contributed by atoms with Crippen LogP contribution in [0.4, 0.5) is 8.78 Å². The highest BCUT2D eigenvalue weighted by atomic mass is 19.1. The summed E-state index contributed by atoms with van der Waals surface area (Å²) in [5.41, 5.74) is -0.176. The van der Waals surface area contributed by atoms with Crippen molar-refractivity contribution in [3.8, 4) is 11.3 Å². The van der Waals surface area contributed by atoms with Crippen LogP contribution in [-0.4, -0.2) is 32.7 Å². The zero-order valence-corrected chi connectivity index (χ0v) is 10.7. The van der Waals surface area contributed by atoms with Crippen LogP contribution in [0.15, 0.2) is 30.5 Å². The third kappa shape index (κ3) is 2.10. The lowest BCUT2D eigenvalue weighted by Crippen LogP contribution is -2.04. The Labute approximate surface area is 117 Å². The number of carbonyl (C=O) groups excluding carboxylic acids is 1. The van der Waals surface area contributed by atoms with Crippen LogP contribution in [0.3, 0.4) is 0 Å². The minimum Gasteiger partial charge on any atom is -0.463 e. The lowest BCUT2D eigenvalue weighted by Gasteiger charge is -2.05. The van der Waals surface area contributed by atoms with Crippen molar-refractivity contribution in [2.75, 3.05) is 7.11 Å². The van der Waals surface area contributed by atoms with Crippen molar-refractivity contribution in [1.29, 1.82) is 0 Å². The van der Waals surface area contributed by atoms with E-state index in [9.17, 15) is 13.6 Å². The van der Waals surface area contributed by atoms with Gasteiger partial charge in [0, 0.05) is 6.20 Å². The van der Waals surface area contributed by atoms with E-state index in [1.54, 1.807) is 0 Å². The van der Waals surface area contributed by atoms with E-state index in [-0.39, 0.29) is 22.9 Å². The first-order valence-corrected chi connectivity index (χ1v) is 5.86. The maximum absolute atomic E-state index is 13.9. The number of methoxy groups -OCH3 is 1. The molecule has 1 aromatic carbocycles. The molecule has 0 spiro atoms. The molecule has 3 aromatic rings. The average Bonchev–Trinajstić information content (AvgIpc) is 2.91. The summed E-state index contributed by atoms with van der Waals surface area (Å²) < 4.78 is 33.4. The maximum atomic E-state index is 13.9. The Morgan fingerprint density at radius 3 is 2.62 bits per heavy atom. The summed E-state index contributed by atoms with van der Waals surface area (Å²) in [5.74, 6) is -2.47. The summed E-state index contributed by atoms with van der Waals surface area (Å²) in [6.07, 6.45) is 1.33. The van der Waals surface area contributed by atoms with Gasteiger partial charge >= 0.3 is 5.97 Å². The number of esters is 1. The highest BCUT2D eigenvalue weighted by molar-refractivity contribution is 5.85. The third-order valence-corrected chi connectivity index (χ3v) is 2.83. The summed E-state index contributed by atoms with van der Waals surface area (Å²) in [7, 11) is 1.18. The van der Waals surface area contributed by atoms with Gasteiger partial charge in [0.25, 0.3) is 11.6 Å². The van der Waals surface area contributed by atoms with E-state index in [1.165, 1.54) is 25.4 Å². The van der Waals surface area contributed by atoms with E-state index < -0.39 is 17.6 Å². The highest BCUT2D eigenvalue weighted by Crippen LogP contribution is 2.25. The maximum Gasteiger partial charge on any atom is 0.378 e. The van der Waals surface area contributed by atoms with Crippen LogP contribution in [0.2, 0.25) is 0 Å². The molecule has 0 aliphatic carbocycles. The van der Waals surface area contributed by atoms with Crippen LogP contribution >= 0.6 is 0 Å².